The van der Waals surface area contributed by atoms with Gasteiger partial charge in [-0.3, -0.25) is 9.59 Å². The zero-order valence-electron chi connectivity index (χ0n) is 17.1. The molecule has 2 aromatic carbocycles. The van der Waals surface area contributed by atoms with E-state index in [2.05, 4.69) is 10.6 Å². The topological polar surface area (TPSA) is 58.2 Å². The molecule has 1 fully saturated rings. The van der Waals surface area contributed by atoms with Crippen LogP contribution in [0.15, 0.2) is 53.4 Å². The summed E-state index contributed by atoms with van der Waals surface area (Å²) in [5.41, 5.74) is 2.42. The van der Waals surface area contributed by atoms with E-state index in [1.165, 1.54) is 43.9 Å². The molecule has 0 spiro atoms. The molecule has 0 saturated heterocycles. The van der Waals surface area contributed by atoms with Crippen LogP contribution in [-0.2, 0) is 4.79 Å². The van der Waals surface area contributed by atoms with E-state index in [-0.39, 0.29) is 11.8 Å². The Morgan fingerprint density at radius 2 is 1.59 bits per heavy atom. The molecule has 154 valence electrons. The zero-order valence-corrected chi connectivity index (χ0v) is 17.9. The average Bonchev–Trinajstić information content (AvgIpc) is 2.70. The van der Waals surface area contributed by atoms with E-state index in [0.717, 1.165) is 29.0 Å². The van der Waals surface area contributed by atoms with Crippen LogP contribution < -0.4 is 10.6 Å². The smallest absolute Gasteiger partial charge is 0.256 e. The lowest BCUT2D eigenvalue weighted by Crippen LogP contribution is -2.36. The Hall–Kier alpha value is -2.27. The van der Waals surface area contributed by atoms with E-state index in [0.29, 0.717) is 17.4 Å². The molecular formula is C24H30N2O2S. The minimum Gasteiger partial charge on any atom is -0.353 e. The van der Waals surface area contributed by atoms with Crippen molar-refractivity contribution in [1.29, 1.82) is 0 Å². The van der Waals surface area contributed by atoms with Gasteiger partial charge in [0, 0.05) is 16.6 Å². The number of rotatable bonds is 6. The minimum absolute atomic E-state index is 0.0506. The lowest BCUT2D eigenvalue weighted by molar-refractivity contribution is -0.119. The normalized spacial score (nSPS) is 15.2. The summed E-state index contributed by atoms with van der Waals surface area (Å²) in [7, 11) is 0. The van der Waals surface area contributed by atoms with Crippen LogP contribution in [0.2, 0.25) is 0 Å². The highest BCUT2D eigenvalue weighted by Gasteiger charge is 2.16. The molecule has 2 aromatic rings. The quantitative estimate of drug-likeness (QED) is 0.612. The summed E-state index contributed by atoms with van der Waals surface area (Å²) in [6, 6.07) is 15.5. The van der Waals surface area contributed by atoms with Gasteiger partial charge < -0.3 is 10.6 Å². The molecule has 0 bridgehead atoms. The van der Waals surface area contributed by atoms with Gasteiger partial charge in [0.15, 0.2) is 0 Å². The number of hydrogen-bond donors (Lipinski definition) is 2. The number of carbonyl (C=O) groups excluding carboxylic acids is 2. The number of anilines is 1. The van der Waals surface area contributed by atoms with Gasteiger partial charge in [-0.1, -0.05) is 62.4 Å². The van der Waals surface area contributed by atoms with Gasteiger partial charge in [-0.2, -0.15) is 0 Å². The lowest BCUT2D eigenvalue weighted by atomic mass is 9.97. The Labute approximate surface area is 177 Å². The Morgan fingerprint density at radius 1 is 0.931 bits per heavy atom. The predicted octanol–water partition coefficient (Wildman–Crippen LogP) is 5.57. The van der Waals surface area contributed by atoms with Crippen LogP contribution in [0.5, 0.6) is 0 Å². The van der Waals surface area contributed by atoms with E-state index in [4.69, 9.17) is 0 Å². The van der Waals surface area contributed by atoms with Crippen molar-refractivity contribution < 1.29 is 9.59 Å². The molecule has 0 radical (unpaired) electrons. The summed E-state index contributed by atoms with van der Waals surface area (Å²) in [4.78, 5) is 26.1. The fourth-order valence-electron chi connectivity index (χ4n) is 3.70. The van der Waals surface area contributed by atoms with Crippen molar-refractivity contribution in [1.82, 2.24) is 5.32 Å². The van der Waals surface area contributed by atoms with Gasteiger partial charge in [0.1, 0.15) is 0 Å². The first kappa shape index (κ1) is 21.4. The molecule has 29 heavy (non-hydrogen) atoms. The van der Waals surface area contributed by atoms with Crippen molar-refractivity contribution in [3.05, 3.63) is 59.7 Å². The molecular weight excluding hydrogens is 380 g/mol. The maximum Gasteiger partial charge on any atom is 0.256 e. The van der Waals surface area contributed by atoms with Crippen molar-refractivity contribution in [2.45, 2.75) is 62.8 Å². The van der Waals surface area contributed by atoms with Gasteiger partial charge in [0.2, 0.25) is 5.91 Å². The predicted molar refractivity (Wildman–Crippen MR) is 121 cm³/mol. The maximum atomic E-state index is 12.8. The van der Waals surface area contributed by atoms with E-state index in [1.807, 2.05) is 55.5 Å². The molecule has 0 unspecified atom stereocenters. The first-order valence-electron chi connectivity index (χ1n) is 10.5. The highest BCUT2D eigenvalue weighted by atomic mass is 32.2. The van der Waals surface area contributed by atoms with Crippen molar-refractivity contribution >= 4 is 29.3 Å². The fraction of sp³-hybridized carbons (Fsp3) is 0.417. The first-order chi connectivity index (χ1) is 14.1. The molecule has 2 N–H and O–H groups in total. The zero-order chi connectivity index (χ0) is 20.5. The largest absolute Gasteiger partial charge is 0.353 e. The first-order valence-corrected chi connectivity index (χ1v) is 11.5. The Kier molecular flexibility index (Phi) is 8.17. The number of hydrogen-bond acceptors (Lipinski definition) is 3. The number of nitrogens with one attached hydrogen (secondary N) is 2. The van der Waals surface area contributed by atoms with Crippen LogP contribution in [0.3, 0.4) is 0 Å². The van der Waals surface area contributed by atoms with Crippen molar-refractivity contribution in [2.75, 3.05) is 11.1 Å². The Bertz CT molecular complexity index is 829. The van der Waals surface area contributed by atoms with Gasteiger partial charge >= 0.3 is 0 Å². The van der Waals surface area contributed by atoms with Crippen LogP contribution in [-0.4, -0.2) is 23.6 Å². The SMILES string of the molecule is Cc1ccccc1NC(=O)c1ccccc1SCC(=O)NC1CCCCCCC1. The second-order valence-corrected chi connectivity index (χ2v) is 8.68. The molecule has 3 rings (SSSR count). The Morgan fingerprint density at radius 3 is 2.34 bits per heavy atom. The van der Waals surface area contributed by atoms with Crippen LogP contribution in [0, 0.1) is 6.92 Å². The van der Waals surface area contributed by atoms with Crippen molar-refractivity contribution in [2.24, 2.45) is 0 Å². The fourth-order valence-corrected chi connectivity index (χ4v) is 4.56. The second-order valence-electron chi connectivity index (χ2n) is 7.66. The highest BCUT2D eigenvalue weighted by molar-refractivity contribution is 8.00. The van der Waals surface area contributed by atoms with Gasteiger partial charge in [0.05, 0.1) is 11.3 Å². The summed E-state index contributed by atoms with van der Waals surface area (Å²) in [6.45, 7) is 1.97. The molecule has 1 saturated carbocycles. The van der Waals surface area contributed by atoms with Gasteiger partial charge in [-0.15, -0.1) is 11.8 Å². The van der Waals surface area contributed by atoms with Crippen LogP contribution >= 0.6 is 11.8 Å². The molecule has 0 aromatic heterocycles. The number of para-hydroxylation sites is 1. The Balaban J connectivity index is 1.58. The summed E-state index contributed by atoms with van der Waals surface area (Å²) in [6.07, 6.45) is 8.39. The lowest BCUT2D eigenvalue weighted by Gasteiger charge is -2.21. The highest BCUT2D eigenvalue weighted by Crippen LogP contribution is 2.25. The standard InChI is InChI=1S/C24H30N2O2S/c1-18-11-7-9-15-21(18)26-24(28)20-14-8-10-16-22(20)29-17-23(27)25-19-12-5-3-2-4-6-13-19/h7-11,14-16,19H,2-6,12-13,17H2,1H3,(H,25,27)(H,26,28). The third kappa shape index (κ3) is 6.64. The van der Waals surface area contributed by atoms with Crippen molar-refractivity contribution in [3.63, 3.8) is 0 Å². The van der Waals surface area contributed by atoms with Crippen LogP contribution in [0.1, 0.15) is 60.9 Å². The minimum atomic E-state index is -0.150. The summed E-state index contributed by atoms with van der Waals surface area (Å²) in [5.74, 6) is 0.225. The van der Waals surface area contributed by atoms with Crippen LogP contribution in [0.25, 0.3) is 0 Å². The monoisotopic (exact) mass is 410 g/mol. The molecule has 1 aliphatic carbocycles. The summed E-state index contributed by atoms with van der Waals surface area (Å²) >= 11 is 1.42. The number of aryl methyl sites for hydroxylation is 1. The van der Waals surface area contributed by atoms with Gasteiger partial charge in [0.25, 0.3) is 5.91 Å². The molecule has 1 aliphatic rings. The second kappa shape index (κ2) is 11.1. The van der Waals surface area contributed by atoms with Crippen LogP contribution in [0.4, 0.5) is 5.69 Å². The van der Waals surface area contributed by atoms with Gasteiger partial charge in [-0.25, -0.2) is 0 Å². The van der Waals surface area contributed by atoms with E-state index in [1.54, 1.807) is 0 Å². The summed E-state index contributed by atoms with van der Waals surface area (Å²) in [5, 5.41) is 6.17. The average molecular weight is 411 g/mol. The van der Waals surface area contributed by atoms with Gasteiger partial charge in [-0.05, 0) is 43.5 Å². The summed E-state index contributed by atoms with van der Waals surface area (Å²) < 4.78 is 0. The maximum absolute atomic E-state index is 12.8. The van der Waals surface area contributed by atoms with E-state index in [9.17, 15) is 9.59 Å². The third-order valence-electron chi connectivity index (χ3n) is 5.35. The van der Waals surface area contributed by atoms with Crippen molar-refractivity contribution in [3.8, 4) is 0 Å². The molecule has 2 amide bonds. The number of benzene rings is 2. The molecule has 5 heteroatoms. The number of carbonyl (C=O) groups is 2. The van der Waals surface area contributed by atoms with E-state index < -0.39 is 0 Å². The third-order valence-corrected chi connectivity index (χ3v) is 6.43. The molecule has 0 atom stereocenters. The number of thioether (sulfide) groups is 1. The molecule has 0 heterocycles. The molecule has 4 nitrogen and oxygen atoms in total. The number of amides is 2. The van der Waals surface area contributed by atoms with E-state index >= 15 is 0 Å². The molecule has 0 aliphatic heterocycles.